The molecule has 1 aliphatic heterocycles. The number of anilines is 1. The van der Waals surface area contributed by atoms with Gasteiger partial charge in [0.15, 0.2) is 11.5 Å². The molecule has 14 heteroatoms. The number of hydrogen-bond acceptors (Lipinski definition) is 11. The summed E-state index contributed by atoms with van der Waals surface area (Å²) in [5.74, 6) is 0.268. The maximum atomic E-state index is 11.9. The van der Waals surface area contributed by atoms with Gasteiger partial charge in [0.25, 0.3) is 0 Å². The van der Waals surface area contributed by atoms with Crippen LogP contribution in [0.4, 0.5) is 10.6 Å². The first-order valence-electron chi connectivity index (χ1n) is 9.12. The lowest BCUT2D eigenvalue weighted by molar-refractivity contribution is -0.0373. The third-order valence-electron chi connectivity index (χ3n) is 3.93. The van der Waals surface area contributed by atoms with Crippen molar-refractivity contribution in [2.24, 2.45) is 0 Å². The number of carbonyl (C=O) groups excluding carboxylic acids is 1. The maximum absolute atomic E-state index is 11.9. The van der Waals surface area contributed by atoms with Crippen LogP contribution in [0.2, 0.25) is 0 Å². The van der Waals surface area contributed by atoms with Crippen LogP contribution in [-0.2, 0) is 27.8 Å². The number of nitrogens with zero attached hydrogens (tertiary/aromatic N) is 4. The zero-order valence-electron chi connectivity index (χ0n) is 17.0. The minimum atomic E-state index is -4.43. The largest absolute Gasteiger partial charge is 0.510 e. The third kappa shape index (κ3) is 6.88. The molecule has 0 saturated carbocycles. The number of nitrogen functional groups attached to an aromatic ring is 1. The van der Waals surface area contributed by atoms with Crippen LogP contribution in [-0.4, -0.2) is 56.2 Å². The van der Waals surface area contributed by atoms with Gasteiger partial charge in [-0.05, 0) is 26.7 Å². The van der Waals surface area contributed by atoms with E-state index in [1.54, 1.807) is 24.7 Å². The molecule has 3 rings (SSSR count). The molecule has 31 heavy (non-hydrogen) atoms. The number of rotatable bonds is 8. The Morgan fingerprint density at radius 2 is 2.10 bits per heavy atom. The number of aromatic nitrogens is 4. The van der Waals surface area contributed by atoms with Crippen molar-refractivity contribution in [2.45, 2.75) is 45.1 Å². The first kappa shape index (κ1) is 24.5. The van der Waals surface area contributed by atoms with Gasteiger partial charge in [0.05, 0.1) is 25.1 Å². The Morgan fingerprint density at radius 3 is 2.81 bits per heavy atom. The minimum absolute atomic E-state index is 0.190. The smallest absolute Gasteiger partial charge is 0.432 e. The van der Waals surface area contributed by atoms with Crippen LogP contribution in [0, 0.1) is 12.8 Å². The number of phosphoric ester groups is 1. The van der Waals surface area contributed by atoms with E-state index < -0.39 is 26.9 Å². The van der Waals surface area contributed by atoms with Crippen LogP contribution in [0.15, 0.2) is 12.7 Å². The molecule has 3 unspecified atom stereocenters. The molecule has 1 fully saturated rings. The summed E-state index contributed by atoms with van der Waals surface area (Å²) >= 11 is 0. The summed E-state index contributed by atoms with van der Waals surface area (Å²) in [6.45, 7) is 2.29. The fraction of sp³-hybridized carbons (Fsp3) is 0.529. The van der Waals surface area contributed by atoms with Crippen molar-refractivity contribution >= 4 is 31.0 Å². The Morgan fingerprint density at radius 1 is 1.35 bits per heavy atom. The molecule has 13 nitrogen and oxygen atoms in total. The van der Waals surface area contributed by atoms with E-state index in [0.717, 1.165) is 0 Å². The zero-order valence-corrected chi connectivity index (χ0v) is 17.9. The molecule has 0 bridgehead atoms. The summed E-state index contributed by atoms with van der Waals surface area (Å²) in [7, 11) is -4.43. The first-order valence-corrected chi connectivity index (χ1v) is 10.6. The highest BCUT2D eigenvalue weighted by Crippen LogP contribution is 2.44. The van der Waals surface area contributed by atoms with E-state index in [-0.39, 0.29) is 24.8 Å². The third-order valence-corrected chi connectivity index (χ3v) is 4.84. The zero-order chi connectivity index (χ0) is 23.0. The highest BCUT2D eigenvalue weighted by molar-refractivity contribution is 7.47. The maximum Gasteiger partial charge on any atom is 0.510 e. The van der Waals surface area contributed by atoms with Crippen molar-refractivity contribution in [3.05, 3.63) is 12.7 Å². The van der Waals surface area contributed by atoms with Crippen LogP contribution >= 0.6 is 7.82 Å². The second-order valence-corrected chi connectivity index (χ2v) is 7.90. The van der Waals surface area contributed by atoms with Crippen molar-refractivity contribution in [2.75, 3.05) is 19.1 Å². The molecule has 1 aliphatic rings. The summed E-state index contributed by atoms with van der Waals surface area (Å²) in [5, 5.41) is 0. The van der Waals surface area contributed by atoms with Gasteiger partial charge in [-0.15, -0.1) is 12.8 Å². The second kappa shape index (κ2) is 11.0. The summed E-state index contributed by atoms with van der Waals surface area (Å²) in [4.78, 5) is 33.1. The van der Waals surface area contributed by atoms with Crippen LogP contribution < -0.4 is 5.73 Å². The summed E-state index contributed by atoms with van der Waals surface area (Å²) < 4.78 is 38.1. The molecular weight excluding hydrogens is 433 g/mol. The molecule has 0 radical (unpaired) electrons. The molecule has 0 aliphatic carbocycles. The molecule has 0 amide bonds. The molecule has 3 heterocycles. The molecule has 0 spiro atoms. The van der Waals surface area contributed by atoms with Gasteiger partial charge in [0.1, 0.15) is 18.1 Å². The van der Waals surface area contributed by atoms with Gasteiger partial charge in [-0.3, -0.25) is 9.09 Å². The number of hydrogen-bond donors (Lipinski definition) is 2. The average molecular weight is 457 g/mol. The fourth-order valence-electron chi connectivity index (χ4n) is 2.68. The van der Waals surface area contributed by atoms with E-state index in [2.05, 4.69) is 37.1 Å². The molecule has 3 N–H and O–H groups in total. The summed E-state index contributed by atoms with van der Waals surface area (Å²) in [6, 6.07) is 0. The van der Waals surface area contributed by atoms with Gasteiger partial charge in [0, 0.05) is 0 Å². The number of phosphoric acid groups is 1. The Bertz CT molecular complexity index is 949. The Kier molecular flexibility index (Phi) is 8.73. The Hall–Kier alpha value is -2.75. The van der Waals surface area contributed by atoms with Crippen molar-refractivity contribution in [3.63, 3.8) is 0 Å². The van der Waals surface area contributed by atoms with E-state index in [4.69, 9.17) is 19.7 Å². The topological polar surface area (TPSA) is 170 Å². The van der Waals surface area contributed by atoms with Crippen LogP contribution in [0.1, 0.15) is 32.9 Å². The quantitative estimate of drug-likeness (QED) is 0.256. The lowest BCUT2D eigenvalue weighted by atomic mass is 10.2. The molecule has 170 valence electrons. The SMILES string of the molecule is C#C.CC(C)OC(=O)OCOP(=O)(O)OCC1CCC(n2cnc3c(N)ncnc32)O1. The number of carbonyl (C=O) groups is 1. The van der Waals surface area contributed by atoms with Crippen molar-refractivity contribution in [1.29, 1.82) is 0 Å². The van der Waals surface area contributed by atoms with Gasteiger partial charge >= 0.3 is 14.0 Å². The van der Waals surface area contributed by atoms with E-state index in [1.807, 2.05) is 0 Å². The molecule has 0 aromatic carbocycles. The van der Waals surface area contributed by atoms with Crippen LogP contribution in [0.25, 0.3) is 11.2 Å². The van der Waals surface area contributed by atoms with Gasteiger partial charge in [-0.25, -0.2) is 28.8 Å². The highest BCUT2D eigenvalue weighted by atomic mass is 31.2. The molecule has 3 atom stereocenters. The second-order valence-electron chi connectivity index (χ2n) is 6.45. The average Bonchev–Trinajstić information content (AvgIpc) is 3.35. The minimum Gasteiger partial charge on any atom is -0.432 e. The van der Waals surface area contributed by atoms with E-state index in [9.17, 15) is 14.3 Å². The molecule has 2 aromatic heterocycles. The molecular formula is C17H24N5O8P. The highest BCUT2D eigenvalue weighted by Gasteiger charge is 2.31. The van der Waals surface area contributed by atoms with E-state index in [0.29, 0.717) is 24.0 Å². The Balaban J connectivity index is 0.00000166. The van der Waals surface area contributed by atoms with Crippen LogP contribution in [0.5, 0.6) is 0 Å². The van der Waals surface area contributed by atoms with Gasteiger partial charge in [-0.2, -0.15) is 0 Å². The van der Waals surface area contributed by atoms with Crippen molar-refractivity contribution in [3.8, 4) is 12.8 Å². The van der Waals surface area contributed by atoms with E-state index in [1.165, 1.54) is 6.33 Å². The van der Waals surface area contributed by atoms with Crippen LogP contribution in [0.3, 0.4) is 0 Å². The summed E-state index contributed by atoms with van der Waals surface area (Å²) in [5.41, 5.74) is 6.78. The number of imidazole rings is 1. The standard InChI is InChI=1S/C15H22N5O8P.C2H2/c1-9(2)27-15(21)24-8-26-29(22,23)25-5-10-3-4-11(28-10)20-7-19-12-13(16)17-6-18-14(12)20;1-2/h6-7,9-11H,3-5,8H2,1-2H3,(H,22,23)(H2,16,17,18);1-2H. The van der Waals surface area contributed by atoms with Gasteiger partial charge < -0.3 is 24.8 Å². The number of fused-ring (bicyclic) bond motifs is 1. The number of nitrogens with two attached hydrogens (primary N) is 1. The predicted octanol–water partition coefficient (Wildman–Crippen LogP) is 1.99. The lowest BCUT2D eigenvalue weighted by Gasteiger charge is -2.17. The lowest BCUT2D eigenvalue weighted by Crippen LogP contribution is -2.17. The number of terminal acetylenes is 1. The van der Waals surface area contributed by atoms with Crippen molar-refractivity contribution in [1.82, 2.24) is 19.5 Å². The summed E-state index contributed by atoms with van der Waals surface area (Å²) in [6.07, 6.45) is 9.85. The monoisotopic (exact) mass is 457 g/mol. The molecule has 2 aromatic rings. The van der Waals surface area contributed by atoms with Crippen molar-refractivity contribution < 1.29 is 37.5 Å². The Labute approximate surface area is 178 Å². The molecule has 1 saturated heterocycles. The van der Waals surface area contributed by atoms with Gasteiger partial charge in [0.2, 0.25) is 6.79 Å². The first-order chi connectivity index (χ1) is 14.7. The predicted molar refractivity (Wildman–Crippen MR) is 107 cm³/mol. The van der Waals surface area contributed by atoms with E-state index >= 15 is 0 Å². The fourth-order valence-corrected chi connectivity index (χ4v) is 3.29. The normalized spacial score (nSPS) is 20.1. The number of ether oxygens (including phenoxy) is 3. The van der Waals surface area contributed by atoms with Gasteiger partial charge in [-0.1, -0.05) is 0 Å².